The average molecular weight is 392 g/mol. The molecule has 2 aliphatic rings. The van der Waals surface area contributed by atoms with Gasteiger partial charge >= 0.3 is 11.2 Å². The molecule has 2 aromatic heterocycles. The molecule has 0 saturated carbocycles. The highest BCUT2D eigenvalue weighted by Gasteiger charge is 2.38. The summed E-state index contributed by atoms with van der Waals surface area (Å²) >= 11 is 0. The molecule has 2 unspecified atom stereocenters. The number of hydrogen-bond acceptors (Lipinski definition) is 4. The van der Waals surface area contributed by atoms with Crippen LogP contribution in [-0.2, 0) is 13.6 Å². The second kappa shape index (κ2) is 6.30. The molecule has 8 heteroatoms. The fourth-order valence-corrected chi connectivity index (χ4v) is 4.92. The molecule has 2 aliphatic heterocycles. The van der Waals surface area contributed by atoms with Crippen LogP contribution < -0.4 is 5.56 Å². The number of nitro groups is 1. The lowest BCUT2D eigenvalue weighted by Crippen LogP contribution is -2.49. The Kier molecular flexibility index (Phi) is 3.84. The Balaban J connectivity index is 1.49. The molecule has 0 radical (unpaired) electrons. The van der Waals surface area contributed by atoms with E-state index in [-0.39, 0.29) is 17.7 Å². The topological polar surface area (TPSA) is 90.4 Å². The SMILES string of the molecule is Cn1cc(C(=O)N2CC3CC(C2)c2ccc([N+](=O)[O-])c(=O)n2C3)c2ccccc21. The zero-order valence-electron chi connectivity index (χ0n) is 15.9. The third-order valence-corrected chi connectivity index (χ3v) is 6.20. The van der Waals surface area contributed by atoms with E-state index in [1.54, 1.807) is 6.07 Å². The molecule has 1 saturated heterocycles. The van der Waals surface area contributed by atoms with Crippen LogP contribution in [0, 0.1) is 16.0 Å². The molecule has 0 N–H and O–H groups in total. The highest BCUT2D eigenvalue weighted by atomic mass is 16.6. The highest BCUT2D eigenvalue weighted by Crippen LogP contribution is 2.36. The van der Waals surface area contributed by atoms with E-state index in [4.69, 9.17) is 0 Å². The van der Waals surface area contributed by atoms with Crippen molar-refractivity contribution in [3.63, 3.8) is 0 Å². The maximum atomic E-state index is 13.3. The molecule has 29 heavy (non-hydrogen) atoms. The molecule has 1 amide bonds. The van der Waals surface area contributed by atoms with Crippen LogP contribution in [-0.4, -0.2) is 38.0 Å². The number of pyridine rings is 1. The van der Waals surface area contributed by atoms with Crippen LogP contribution in [0.25, 0.3) is 10.9 Å². The van der Waals surface area contributed by atoms with Crippen LogP contribution in [0.2, 0.25) is 0 Å². The van der Waals surface area contributed by atoms with Gasteiger partial charge in [0.15, 0.2) is 0 Å². The Morgan fingerprint density at radius 3 is 2.72 bits per heavy atom. The van der Waals surface area contributed by atoms with E-state index in [2.05, 4.69) is 0 Å². The number of amides is 1. The highest BCUT2D eigenvalue weighted by molar-refractivity contribution is 6.07. The number of benzene rings is 1. The molecule has 2 bridgehead atoms. The average Bonchev–Trinajstić information content (AvgIpc) is 3.05. The van der Waals surface area contributed by atoms with E-state index in [1.165, 1.54) is 10.6 Å². The second-order valence-electron chi connectivity index (χ2n) is 8.00. The quantitative estimate of drug-likeness (QED) is 0.495. The standard InChI is InChI=1S/C21H20N4O4/c1-22-12-16(15-4-2-3-5-18(15)22)20(26)23-9-13-8-14(11-23)17-6-7-19(25(28)29)21(27)24(17)10-13/h2-7,12-14H,8-11H2,1H3. The summed E-state index contributed by atoms with van der Waals surface area (Å²) in [6, 6.07) is 10.8. The first-order valence-corrected chi connectivity index (χ1v) is 9.65. The smallest absolute Gasteiger partial charge is 0.334 e. The Morgan fingerprint density at radius 1 is 1.14 bits per heavy atom. The molecule has 5 rings (SSSR count). The number of carbonyl (C=O) groups excluding carboxylic acids is 1. The summed E-state index contributed by atoms with van der Waals surface area (Å²) < 4.78 is 3.50. The maximum absolute atomic E-state index is 13.3. The van der Waals surface area contributed by atoms with Gasteiger partial charge < -0.3 is 14.0 Å². The molecular formula is C21H20N4O4. The predicted octanol–water partition coefficient (Wildman–Crippen LogP) is 2.51. The Labute approximate surface area is 166 Å². The molecule has 0 spiro atoms. The normalized spacial score (nSPS) is 20.5. The first kappa shape index (κ1) is 17.7. The van der Waals surface area contributed by atoms with Gasteiger partial charge in [-0.25, -0.2) is 0 Å². The molecule has 1 fully saturated rings. The lowest BCUT2D eigenvalue weighted by atomic mass is 9.83. The Bertz CT molecular complexity index is 1230. The van der Waals surface area contributed by atoms with Crippen molar-refractivity contribution in [1.82, 2.24) is 14.0 Å². The van der Waals surface area contributed by atoms with Gasteiger partial charge in [0.05, 0.1) is 10.5 Å². The van der Waals surface area contributed by atoms with E-state index in [0.717, 1.165) is 23.0 Å². The number of likely N-dealkylation sites (tertiary alicyclic amines) is 1. The number of piperidine rings is 1. The molecular weight excluding hydrogens is 372 g/mol. The van der Waals surface area contributed by atoms with Crippen LogP contribution in [0.1, 0.15) is 28.4 Å². The van der Waals surface area contributed by atoms with Gasteiger partial charge in [0.1, 0.15) is 0 Å². The third-order valence-electron chi connectivity index (χ3n) is 6.20. The molecule has 4 heterocycles. The largest absolute Gasteiger partial charge is 0.350 e. The summed E-state index contributed by atoms with van der Waals surface area (Å²) in [7, 11) is 1.93. The van der Waals surface area contributed by atoms with Crippen LogP contribution >= 0.6 is 0 Å². The van der Waals surface area contributed by atoms with Gasteiger partial charge in [-0.05, 0) is 24.5 Å². The van der Waals surface area contributed by atoms with Crippen molar-refractivity contribution in [3.8, 4) is 0 Å². The lowest BCUT2D eigenvalue weighted by Gasteiger charge is -2.42. The zero-order chi connectivity index (χ0) is 20.3. The van der Waals surface area contributed by atoms with Gasteiger partial charge in [-0.1, -0.05) is 18.2 Å². The van der Waals surface area contributed by atoms with E-state index in [1.807, 2.05) is 47.0 Å². The minimum absolute atomic E-state index is 0.00536. The van der Waals surface area contributed by atoms with E-state index < -0.39 is 16.2 Å². The summed E-state index contributed by atoms with van der Waals surface area (Å²) in [6.45, 7) is 1.47. The maximum Gasteiger partial charge on any atom is 0.334 e. The minimum atomic E-state index is -0.629. The van der Waals surface area contributed by atoms with Crippen molar-refractivity contribution >= 4 is 22.5 Å². The first-order valence-electron chi connectivity index (χ1n) is 9.65. The summed E-state index contributed by atoms with van der Waals surface area (Å²) in [4.78, 5) is 38.2. The molecule has 1 aromatic carbocycles. The number of aromatic nitrogens is 2. The number of fused-ring (bicyclic) bond motifs is 5. The Morgan fingerprint density at radius 2 is 1.93 bits per heavy atom. The van der Waals surface area contributed by atoms with Gasteiger partial charge in [0.2, 0.25) is 0 Å². The van der Waals surface area contributed by atoms with E-state index >= 15 is 0 Å². The molecule has 3 aromatic rings. The van der Waals surface area contributed by atoms with Gasteiger partial charge in [-0.15, -0.1) is 0 Å². The number of para-hydroxylation sites is 1. The number of aryl methyl sites for hydroxylation is 1. The van der Waals surface area contributed by atoms with Gasteiger partial charge in [-0.3, -0.25) is 19.7 Å². The van der Waals surface area contributed by atoms with Crippen LogP contribution in [0.3, 0.4) is 0 Å². The van der Waals surface area contributed by atoms with Gasteiger partial charge in [0, 0.05) is 61.5 Å². The summed E-state index contributed by atoms with van der Waals surface area (Å²) in [5.41, 5.74) is 1.54. The lowest BCUT2D eigenvalue weighted by molar-refractivity contribution is -0.386. The van der Waals surface area contributed by atoms with E-state index in [9.17, 15) is 19.7 Å². The van der Waals surface area contributed by atoms with Crippen LogP contribution in [0.4, 0.5) is 5.69 Å². The minimum Gasteiger partial charge on any atom is -0.350 e. The van der Waals surface area contributed by atoms with Crippen molar-refractivity contribution in [2.24, 2.45) is 13.0 Å². The summed E-state index contributed by atoms with van der Waals surface area (Å²) in [5, 5.41) is 12.0. The fraction of sp³-hybridized carbons (Fsp3) is 0.333. The van der Waals surface area contributed by atoms with Gasteiger partial charge in [-0.2, -0.15) is 0 Å². The molecule has 8 nitrogen and oxygen atoms in total. The molecule has 148 valence electrons. The fourth-order valence-electron chi connectivity index (χ4n) is 4.92. The van der Waals surface area contributed by atoms with Crippen LogP contribution in [0.15, 0.2) is 47.4 Å². The number of carbonyl (C=O) groups is 1. The monoisotopic (exact) mass is 392 g/mol. The van der Waals surface area contributed by atoms with E-state index in [0.29, 0.717) is 25.2 Å². The van der Waals surface area contributed by atoms with Crippen molar-refractivity contribution in [2.75, 3.05) is 13.1 Å². The van der Waals surface area contributed by atoms with Gasteiger partial charge in [0.25, 0.3) is 5.91 Å². The number of hydrogen-bond donors (Lipinski definition) is 0. The summed E-state index contributed by atoms with van der Waals surface area (Å²) in [5.74, 6) is 0.115. The summed E-state index contributed by atoms with van der Waals surface area (Å²) in [6.07, 6.45) is 2.76. The molecule has 2 atom stereocenters. The van der Waals surface area contributed by atoms with Crippen molar-refractivity contribution in [2.45, 2.75) is 18.9 Å². The van der Waals surface area contributed by atoms with Crippen molar-refractivity contribution in [1.29, 1.82) is 0 Å². The molecule has 0 aliphatic carbocycles. The van der Waals surface area contributed by atoms with Crippen molar-refractivity contribution in [3.05, 3.63) is 74.3 Å². The zero-order valence-corrected chi connectivity index (χ0v) is 15.9. The number of nitrogens with zero attached hydrogens (tertiary/aromatic N) is 4. The van der Waals surface area contributed by atoms with Crippen molar-refractivity contribution < 1.29 is 9.72 Å². The predicted molar refractivity (Wildman–Crippen MR) is 107 cm³/mol. The third kappa shape index (κ3) is 2.66. The first-order chi connectivity index (χ1) is 13.9. The second-order valence-corrected chi connectivity index (χ2v) is 8.00. The number of rotatable bonds is 2. The van der Waals surface area contributed by atoms with Crippen LogP contribution in [0.5, 0.6) is 0 Å². The Hall–Kier alpha value is -3.42.